The molecule has 5 heteroatoms. The van der Waals surface area contributed by atoms with E-state index in [1.165, 1.54) is 12.1 Å². The second kappa shape index (κ2) is 3.86. The van der Waals surface area contributed by atoms with Crippen molar-refractivity contribution in [1.29, 1.82) is 0 Å². The zero-order chi connectivity index (χ0) is 12.0. The molecule has 0 amide bonds. The third kappa shape index (κ3) is 1.66. The average molecular weight is 292 g/mol. The SMILES string of the molecule is OB1Nc2c(Br)cc(F)cc2-c2ccccc21. The van der Waals surface area contributed by atoms with Crippen LogP contribution in [0, 0.1) is 5.82 Å². The van der Waals surface area contributed by atoms with Crippen molar-refractivity contribution in [3.63, 3.8) is 0 Å². The Labute approximate surface area is 107 Å². The molecule has 0 aliphatic carbocycles. The minimum atomic E-state index is -0.763. The Morgan fingerprint density at radius 1 is 1.18 bits per heavy atom. The molecule has 2 N–H and O–H groups in total. The van der Waals surface area contributed by atoms with Gasteiger partial charge in [-0.1, -0.05) is 24.3 Å². The second-order valence-corrected chi connectivity index (χ2v) is 4.80. The van der Waals surface area contributed by atoms with E-state index < -0.39 is 7.05 Å². The third-order valence-corrected chi connectivity index (χ3v) is 3.51. The minimum absolute atomic E-state index is 0.302. The number of fused-ring (bicyclic) bond motifs is 3. The number of rotatable bonds is 0. The van der Waals surface area contributed by atoms with Crippen molar-refractivity contribution in [2.75, 3.05) is 5.23 Å². The van der Waals surface area contributed by atoms with Gasteiger partial charge in [-0.3, -0.25) is 0 Å². The molecule has 2 aromatic carbocycles. The van der Waals surface area contributed by atoms with Crippen LogP contribution >= 0.6 is 15.9 Å². The largest absolute Gasteiger partial charge is 0.447 e. The molecule has 84 valence electrons. The smallest absolute Gasteiger partial charge is 0.429 e. The fourth-order valence-electron chi connectivity index (χ4n) is 2.13. The maximum atomic E-state index is 13.4. The molecule has 2 nitrogen and oxygen atoms in total. The maximum absolute atomic E-state index is 13.4. The van der Waals surface area contributed by atoms with Crippen molar-refractivity contribution >= 4 is 34.1 Å². The van der Waals surface area contributed by atoms with E-state index in [0.29, 0.717) is 4.47 Å². The van der Waals surface area contributed by atoms with Crippen molar-refractivity contribution in [1.82, 2.24) is 0 Å². The lowest BCUT2D eigenvalue weighted by atomic mass is 9.67. The first-order valence-electron chi connectivity index (χ1n) is 5.20. The minimum Gasteiger partial charge on any atom is -0.429 e. The van der Waals surface area contributed by atoms with E-state index in [2.05, 4.69) is 21.2 Å². The summed E-state index contributed by atoms with van der Waals surface area (Å²) in [7, 11) is -0.763. The first-order chi connectivity index (χ1) is 8.16. The molecule has 0 spiro atoms. The van der Waals surface area contributed by atoms with E-state index in [9.17, 15) is 9.41 Å². The van der Waals surface area contributed by atoms with Crippen LogP contribution in [0.15, 0.2) is 40.9 Å². The third-order valence-electron chi connectivity index (χ3n) is 2.88. The fourth-order valence-corrected chi connectivity index (χ4v) is 2.67. The molecule has 2 aromatic rings. The molecule has 0 atom stereocenters. The fraction of sp³-hybridized carbons (Fsp3) is 0. The van der Waals surface area contributed by atoms with Crippen LogP contribution in [0.3, 0.4) is 0 Å². The highest BCUT2D eigenvalue weighted by Gasteiger charge is 2.28. The van der Waals surface area contributed by atoms with E-state index in [0.717, 1.165) is 22.3 Å². The molecule has 0 bridgehead atoms. The van der Waals surface area contributed by atoms with Crippen LogP contribution in [0.2, 0.25) is 0 Å². The van der Waals surface area contributed by atoms with Crippen molar-refractivity contribution in [2.24, 2.45) is 0 Å². The van der Waals surface area contributed by atoms with Gasteiger partial charge in [-0.15, -0.1) is 0 Å². The van der Waals surface area contributed by atoms with E-state index in [-0.39, 0.29) is 5.82 Å². The monoisotopic (exact) mass is 291 g/mol. The first-order valence-corrected chi connectivity index (χ1v) is 5.99. The molecule has 0 fully saturated rings. The molecule has 0 unspecified atom stereocenters. The number of halogens is 2. The number of nitrogens with one attached hydrogen (secondary N) is 1. The van der Waals surface area contributed by atoms with Crippen LogP contribution < -0.4 is 10.7 Å². The van der Waals surface area contributed by atoms with Crippen molar-refractivity contribution in [2.45, 2.75) is 0 Å². The maximum Gasteiger partial charge on any atom is 0.447 e. The van der Waals surface area contributed by atoms with Gasteiger partial charge in [0, 0.05) is 15.7 Å². The summed E-state index contributed by atoms with van der Waals surface area (Å²) in [5, 5.41) is 12.9. The van der Waals surface area contributed by atoms with Gasteiger partial charge in [-0.25, -0.2) is 4.39 Å². The van der Waals surface area contributed by atoms with Gasteiger partial charge in [0.25, 0.3) is 0 Å². The lowest BCUT2D eigenvalue weighted by Gasteiger charge is -2.24. The first kappa shape index (κ1) is 10.8. The van der Waals surface area contributed by atoms with Crippen molar-refractivity contribution in [3.8, 4) is 11.1 Å². The normalized spacial score (nSPS) is 12.8. The van der Waals surface area contributed by atoms with Gasteiger partial charge in [-0.2, -0.15) is 0 Å². The summed E-state index contributed by atoms with van der Waals surface area (Å²) in [6, 6.07) is 10.3. The van der Waals surface area contributed by atoms with Gasteiger partial charge in [0.05, 0.1) is 0 Å². The van der Waals surface area contributed by atoms with Crippen LogP contribution in [-0.4, -0.2) is 12.1 Å². The van der Waals surface area contributed by atoms with Gasteiger partial charge in [-0.05, 0) is 39.1 Å². The van der Waals surface area contributed by atoms with E-state index >= 15 is 0 Å². The Morgan fingerprint density at radius 2 is 1.94 bits per heavy atom. The van der Waals surface area contributed by atoms with Crippen molar-refractivity contribution in [3.05, 3.63) is 46.7 Å². The van der Waals surface area contributed by atoms with Gasteiger partial charge in [0.1, 0.15) is 5.82 Å². The zero-order valence-electron chi connectivity index (χ0n) is 8.74. The van der Waals surface area contributed by atoms with Crippen LogP contribution in [0.1, 0.15) is 0 Å². The summed E-state index contributed by atoms with van der Waals surface area (Å²) in [5.74, 6) is -0.302. The predicted molar refractivity (Wildman–Crippen MR) is 70.8 cm³/mol. The Kier molecular flexibility index (Phi) is 2.45. The number of hydrogen-bond acceptors (Lipinski definition) is 2. The van der Waals surface area contributed by atoms with Crippen LogP contribution in [0.5, 0.6) is 0 Å². The summed E-state index contributed by atoms with van der Waals surface area (Å²) < 4.78 is 14.0. The van der Waals surface area contributed by atoms with Crippen LogP contribution in [0.4, 0.5) is 10.1 Å². The van der Waals surface area contributed by atoms with Gasteiger partial charge < -0.3 is 10.3 Å². The van der Waals surface area contributed by atoms with Gasteiger partial charge in [0.2, 0.25) is 0 Å². The van der Waals surface area contributed by atoms with Crippen molar-refractivity contribution < 1.29 is 9.41 Å². The topological polar surface area (TPSA) is 32.3 Å². The summed E-state index contributed by atoms with van der Waals surface area (Å²) in [4.78, 5) is 0. The number of benzene rings is 2. The molecule has 1 aliphatic heterocycles. The lowest BCUT2D eigenvalue weighted by molar-refractivity contribution is 0.592. The standard InChI is InChI=1S/C12H8BBrFNO/c14-11-6-7(15)5-9-8-3-1-2-4-10(8)13(17)16-12(9)11/h1-6,16-17H. The molecule has 0 saturated heterocycles. The summed E-state index contributed by atoms with van der Waals surface area (Å²) >= 11 is 3.30. The highest BCUT2D eigenvalue weighted by Crippen LogP contribution is 2.37. The zero-order valence-corrected chi connectivity index (χ0v) is 10.3. The van der Waals surface area contributed by atoms with Crippen LogP contribution in [0.25, 0.3) is 11.1 Å². The molecule has 1 aliphatic rings. The molecule has 0 radical (unpaired) electrons. The Balaban J connectivity index is 2.33. The van der Waals surface area contributed by atoms with Gasteiger partial charge >= 0.3 is 7.05 Å². The molecule has 1 heterocycles. The summed E-state index contributed by atoms with van der Waals surface area (Å²) in [6.07, 6.45) is 0. The lowest BCUT2D eigenvalue weighted by Crippen LogP contribution is -2.42. The second-order valence-electron chi connectivity index (χ2n) is 3.94. The van der Waals surface area contributed by atoms with Gasteiger partial charge in [0.15, 0.2) is 0 Å². The quantitative estimate of drug-likeness (QED) is 0.731. The Bertz CT molecular complexity index is 605. The molecular formula is C12H8BBrFNO. The molecular weight excluding hydrogens is 284 g/mol. The predicted octanol–water partition coefficient (Wildman–Crippen LogP) is 2.37. The van der Waals surface area contributed by atoms with E-state index in [1.54, 1.807) is 0 Å². The number of hydrogen-bond donors (Lipinski definition) is 2. The Morgan fingerprint density at radius 3 is 2.76 bits per heavy atom. The molecule has 3 rings (SSSR count). The van der Waals surface area contributed by atoms with E-state index in [1.807, 2.05) is 24.3 Å². The average Bonchev–Trinajstić information content (AvgIpc) is 2.31. The highest BCUT2D eigenvalue weighted by molar-refractivity contribution is 9.10. The highest BCUT2D eigenvalue weighted by atomic mass is 79.9. The molecule has 17 heavy (non-hydrogen) atoms. The molecule has 0 aromatic heterocycles. The Hall–Kier alpha value is -1.33. The van der Waals surface area contributed by atoms with Crippen LogP contribution in [-0.2, 0) is 0 Å². The summed E-state index contributed by atoms with van der Waals surface area (Å²) in [6.45, 7) is 0. The van der Waals surface area contributed by atoms with E-state index in [4.69, 9.17) is 0 Å². The number of anilines is 1. The molecule has 0 saturated carbocycles. The summed E-state index contributed by atoms with van der Waals surface area (Å²) in [5.41, 5.74) is 3.10.